The molecule has 0 radical (unpaired) electrons. The molecule has 3 N–H and O–H groups in total. The van der Waals surface area contributed by atoms with E-state index in [0.717, 1.165) is 43.3 Å². The highest BCUT2D eigenvalue weighted by atomic mass is 19.1. The molecule has 0 bridgehead atoms. The van der Waals surface area contributed by atoms with Gasteiger partial charge in [0.25, 0.3) is 0 Å². The van der Waals surface area contributed by atoms with Crippen LogP contribution in [0.5, 0.6) is 5.75 Å². The quantitative estimate of drug-likeness (QED) is 0.337. The minimum Gasteiger partial charge on any atom is -0.505 e. The van der Waals surface area contributed by atoms with Gasteiger partial charge in [-0.25, -0.2) is 4.39 Å². The number of aliphatic hydroxyl groups excluding tert-OH is 2. The van der Waals surface area contributed by atoms with Gasteiger partial charge in [-0.1, -0.05) is 56.4 Å². The van der Waals surface area contributed by atoms with Crippen molar-refractivity contribution in [3.8, 4) is 5.75 Å². The van der Waals surface area contributed by atoms with Crippen molar-refractivity contribution in [3.63, 3.8) is 0 Å². The lowest BCUT2D eigenvalue weighted by Gasteiger charge is -2.38. The maximum Gasteiger partial charge on any atom is 0.234 e. The maximum absolute atomic E-state index is 13.7. The van der Waals surface area contributed by atoms with Gasteiger partial charge in [0.2, 0.25) is 11.8 Å². The number of rotatable bonds is 8. The average molecular weight is 514 g/mol. The first kappa shape index (κ1) is 27.5. The summed E-state index contributed by atoms with van der Waals surface area (Å²) in [4.78, 5) is 28.6. The summed E-state index contributed by atoms with van der Waals surface area (Å²) in [5.41, 5.74) is 3.24. The van der Waals surface area contributed by atoms with Crippen molar-refractivity contribution in [1.29, 1.82) is 0 Å². The van der Waals surface area contributed by atoms with E-state index in [2.05, 4.69) is 0 Å². The van der Waals surface area contributed by atoms with E-state index in [1.807, 2.05) is 26.8 Å². The number of carbonyl (C=O) groups is 2. The van der Waals surface area contributed by atoms with Crippen molar-refractivity contribution in [1.82, 2.24) is 4.90 Å². The highest BCUT2D eigenvalue weighted by molar-refractivity contribution is 6.06. The molecule has 6 nitrogen and oxygen atoms in total. The number of allylic oxidation sites excluding steroid dienone is 2. The van der Waals surface area contributed by atoms with Crippen LogP contribution >= 0.6 is 0 Å². The van der Waals surface area contributed by atoms with Crippen molar-refractivity contribution >= 4 is 17.9 Å². The molecule has 7 heteroatoms. The number of fused-ring (bicyclic) bond motifs is 1. The fraction of sp³-hybridized carbons (Fsp3) is 0.600. The van der Waals surface area contributed by atoms with Crippen molar-refractivity contribution in [3.05, 3.63) is 46.3 Å². The Morgan fingerprint density at radius 3 is 2.49 bits per heavy atom. The number of aliphatic hydroxyl groups is 2. The van der Waals surface area contributed by atoms with Gasteiger partial charge in [-0.3, -0.25) is 14.5 Å². The summed E-state index contributed by atoms with van der Waals surface area (Å²) in [6, 6.07) is 4.15. The van der Waals surface area contributed by atoms with Crippen LogP contribution in [0.2, 0.25) is 0 Å². The number of amides is 2. The predicted molar refractivity (Wildman–Crippen MR) is 140 cm³/mol. The van der Waals surface area contributed by atoms with Crippen molar-refractivity contribution in [2.45, 2.75) is 84.3 Å². The molecule has 4 atom stereocenters. The van der Waals surface area contributed by atoms with Gasteiger partial charge in [0.05, 0.1) is 24.5 Å². The molecule has 2 aliphatic carbocycles. The number of halogens is 1. The molecule has 2 amide bonds. The number of nitrogens with zero attached hydrogens (tertiary/aromatic N) is 1. The SMILES string of the molecule is C/C(=C\c1ccc(O)c(F)c1)CC[C@@H](O)C1=C(C(C)C)C[C@H]2C(=O)N(C3CCCCC3)C(=O)[C@H]2[C@H]1CO. The topological polar surface area (TPSA) is 98.1 Å². The number of hydrogen-bond donors (Lipinski definition) is 3. The van der Waals surface area contributed by atoms with E-state index in [9.17, 15) is 29.3 Å². The van der Waals surface area contributed by atoms with E-state index in [0.29, 0.717) is 30.4 Å². The van der Waals surface area contributed by atoms with Gasteiger partial charge in [0, 0.05) is 12.0 Å². The van der Waals surface area contributed by atoms with Crippen LogP contribution in [0.3, 0.4) is 0 Å². The lowest BCUT2D eigenvalue weighted by molar-refractivity contribution is -0.143. The molecule has 202 valence electrons. The van der Waals surface area contributed by atoms with E-state index in [4.69, 9.17) is 0 Å². The van der Waals surface area contributed by atoms with E-state index >= 15 is 0 Å². The minimum absolute atomic E-state index is 0.0490. The summed E-state index contributed by atoms with van der Waals surface area (Å²) < 4.78 is 13.7. The van der Waals surface area contributed by atoms with E-state index in [1.54, 1.807) is 6.07 Å². The molecule has 4 rings (SSSR count). The summed E-state index contributed by atoms with van der Waals surface area (Å²) in [5, 5.41) is 31.3. The summed E-state index contributed by atoms with van der Waals surface area (Å²) in [5.74, 6) is -2.96. The molecule has 3 aliphatic rings. The molecule has 2 fully saturated rings. The van der Waals surface area contributed by atoms with Crippen LogP contribution in [-0.4, -0.2) is 50.8 Å². The molecule has 1 heterocycles. The number of aromatic hydroxyl groups is 1. The summed E-state index contributed by atoms with van der Waals surface area (Å²) >= 11 is 0. The third-order valence-corrected chi connectivity index (χ3v) is 8.54. The summed E-state index contributed by atoms with van der Waals surface area (Å²) in [6.45, 7) is 5.67. The van der Waals surface area contributed by atoms with Crippen LogP contribution in [0.4, 0.5) is 4.39 Å². The van der Waals surface area contributed by atoms with E-state index in [-0.39, 0.29) is 30.4 Å². The lowest BCUT2D eigenvalue weighted by Crippen LogP contribution is -2.42. The van der Waals surface area contributed by atoms with Gasteiger partial charge < -0.3 is 15.3 Å². The molecular formula is C30H40FNO5. The normalized spacial score (nSPS) is 26.3. The van der Waals surface area contributed by atoms with Crippen LogP contribution in [0.25, 0.3) is 6.08 Å². The Kier molecular flexibility index (Phi) is 8.54. The van der Waals surface area contributed by atoms with Gasteiger partial charge in [-0.15, -0.1) is 0 Å². The Balaban J connectivity index is 1.55. The van der Waals surface area contributed by atoms with Gasteiger partial charge in [-0.05, 0) is 68.2 Å². The smallest absolute Gasteiger partial charge is 0.234 e. The number of hydrogen-bond acceptors (Lipinski definition) is 5. The van der Waals surface area contributed by atoms with E-state index < -0.39 is 35.4 Å². The van der Waals surface area contributed by atoms with Crippen molar-refractivity contribution < 1.29 is 29.3 Å². The first-order chi connectivity index (χ1) is 17.6. The van der Waals surface area contributed by atoms with E-state index in [1.165, 1.54) is 17.0 Å². The van der Waals surface area contributed by atoms with Crippen LogP contribution in [0, 0.1) is 29.5 Å². The molecular weight excluding hydrogens is 473 g/mol. The van der Waals surface area contributed by atoms with Gasteiger partial charge in [0.1, 0.15) is 0 Å². The second-order valence-electron chi connectivity index (χ2n) is 11.4. The lowest BCUT2D eigenvalue weighted by atomic mass is 9.66. The molecule has 1 aromatic carbocycles. The molecule has 0 spiro atoms. The number of carbonyl (C=O) groups excluding carboxylic acids is 2. The van der Waals surface area contributed by atoms with Gasteiger partial charge >= 0.3 is 0 Å². The maximum atomic E-state index is 13.7. The summed E-state index contributed by atoms with van der Waals surface area (Å²) in [6.07, 6.45) is 7.17. The Morgan fingerprint density at radius 2 is 1.86 bits per heavy atom. The number of phenolic OH excluding ortho intramolecular Hbond substituents is 1. The fourth-order valence-electron chi connectivity index (χ4n) is 6.66. The number of phenols is 1. The van der Waals surface area contributed by atoms with Crippen molar-refractivity contribution in [2.75, 3.05) is 6.61 Å². The summed E-state index contributed by atoms with van der Waals surface area (Å²) in [7, 11) is 0. The zero-order valence-corrected chi connectivity index (χ0v) is 22.1. The number of likely N-dealkylation sites (tertiary alicyclic amines) is 1. The van der Waals surface area contributed by atoms with Crippen LogP contribution in [0.15, 0.2) is 34.9 Å². The Morgan fingerprint density at radius 1 is 1.16 bits per heavy atom. The fourth-order valence-corrected chi connectivity index (χ4v) is 6.66. The largest absolute Gasteiger partial charge is 0.505 e. The first-order valence-corrected chi connectivity index (χ1v) is 13.7. The Labute approximate surface area is 218 Å². The zero-order chi connectivity index (χ0) is 26.9. The second-order valence-corrected chi connectivity index (χ2v) is 11.4. The standard InChI is InChI=1S/C30H40FNO5/c1-17(2)21-15-22-28(30(37)32(29(22)36)20-7-5-4-6-8-20)23(16-33)27(21)26(35)11-9-18(3)13-19-10-12-25(34)24(31)14-19/h10,12-14,17,20,22-23,26,28,33-35H,4-9,11,15-16H2,1-3H3/b18-13+/t22-,23+,26-,28-/m1/s1. The Bertz CT molecular complexity index is 1090. The molecule has 37 heavy (non-hydrogen) atoms. The van der Waals surface area contributed by atoms with Crippen LogP contribution in [0.1, 0.15) is 77.7 Å². The van der Waals surface area contributed by atoms with Crippen LogP contribution in [-0.2, 0) is 9.59 Å². The molecule has 0 unspecified atom stereocenters. The third kappa shape index (κ3) is 5.53. The van der Waals surface area contributed by atoms with Gasteiger partial charge in [-0.2, -0.15) is 0 Å². The monoisotopic (exact) mass is 513 g/mol. The van der Waals surface area contributed by atoms with Gasteiger partial charge in [0.15, 0.2) is 11.6 Å². The number of benzene rings is 1. The number of imide groups is 1. The predicted octanol–water partition coefficient (Wildman–Crippen LogP) is 4.97. The molecule has 1 aromatic rings. The highest BCUT2D eigenvalue weighted by Gasteiger charge is 2.56. The zero-order valence-electron chi connectivity index (χ0n) is 22.1. The highest BCUT2D eigenvalue weighted by Crippen LogP contribution is 2.49. The molecule has 1 aliphatic heterocycles. The molecule has 1 saturated carbocycles. The van der Waals surface area contributed by atoms with Crippen LogP contribution < -0.4 is 0 Å². The minimum atomic E-state index is -0.859. The molecule has 0 aromatic heterocycles. The first-order valence-electron chi connectivity index (χ1n) is 13.7. The molecule has 1 saturated heterocycles. The second kappa shape index (κ2) is 11.5. The third-order valence-electron chi connectivity index (χ3n) is 8.54. The Hall–Kier alpha value is -2.51. The van der Waals surface area contributed by atoms with Crippen molar-refractivity contribution in [2.24, 2.45) is 23.7 Å². The average Bonchev–Trinajstić information content (AvgIpc) is 3.13.